The lowest BCUT2D eigenvalue weighted by molar-refractivity contribution is 1.01. The molecule has 3 heteroatoms. The molecule has 0 aromatic heterocycles. The molecule has 0 fully saturated rings. The lowest BCUT2D eigenvalue weighted by atomic mass is 10.2. The van der Waals surface area contributed by atoms with Gasteiger partial charge in [-0.15, -0.1) is 0 Å². The predicted octanol–water partition coefficient (Wildman–Crippen LogP) is 1.13. The third-order valence-corrected chi connectivity index (χ3v) is 1.86. The van der Waals surface area contributed by atoms with Gasteiger partial charge in [0.15, 0.2) is 0 Å². The maximum atomic E-state index is 5.66. The summed E-state index contributed by atoms with van der Waals surface area (Å²) in [4.78, 5) is 4.21. The van der Waals surface area contributed by atoms with E-state index in [1.807, 2.05) is 30.3 Å². The summed E-state index contributed by atoms with van der Waals surface area (Å²) in [6.45, 7) is 0.827. The topological polar surface area (TPSA) is 50.4 Å². The van der Waals surface area contributed by atoms with Gasteiger partial charge < -0.3 is 11.1 Å². The summed E-state index contributed by atoms with van der Waals surface area (Å²) in [5.74, 6) is 0.884. The van der Waals surface area contributed by atoms with Crippen LogP contribution in [0.4, 0.5) is 5.69 Å². The molecule has 0 saturated carbocycles. The van der Waals surface area contributed by atoms with Crippen LogP contribution in [0, 0.1) is 0 Å². The number of rotatable bonds is 1. The van der Waals surface area contributed by atoms with E-state index in [0.717, 1.165) is 23.6 Å². The Balaban J connectivity index is 2.34. The standard InChI is InChI=1S/C10H11N3/c11-9-4-1-3-8(7-9)10-12-5-2-6-13-10/h1-5,7H,6,11H2,(H,12,13). The van der Waals surface area contributed by atoms with Gasteiger partial charge >= 0.3 is 0 Å². The van der Waals surface area contributed by atoms with Gasteiger partial charge in [0.2, 0.25) is 0 Å². The summed E-state index contributed by atoms with van der Waals surface area (Å²) in [6.07, 6.45) is 3.77. The number of nitrogens with zero attached hydrogens (tertiary/aromatic N) is 1. The summed E-state index contributed by atoms with van der Waals surface area (Å²) in [7, 11) is 0. The molecule has 66 valence electrons. The number of nitrogens with one attached hydrogen (secondary N) is 1. The molecule has 13 heavy (non-hydrogen) atoms. The van der Waals surface area contributed by atoms with Crippen LogP contribution in [0.3, 0.4) is 0 Å². The Morgan fingerprint density at radius 1 is 1.38 bits per heavy atom. The van der Waals surface area contributed by atoms with E-state index in [2.05, 4.69) is 10.3 Å². The fourth-order valence-corrected chi connectivity index (χ4v) is 1.24. The quantitative estimate of drug-likeness (QED) is 0.625. The summed E-state index contributed by atoms with van der Waals surface area (Å²) in [5, 5.41) is 3.17. The van der Waals surface area contributed by atoms with Crippen molar-refractivity contribution in [3.63, 3.8) is 0 Å². The molecule has 2 rings (SSSR count). The minimum Gasteiger partial charge on any atom is -0.399 e. The zero-order valence-corrected chi connectivity index (χ0v) is 7.20. The molecule has 1 aliphatic heterocycles. The average Bonchev–Trinajstić information content (AvgIpc) is 2.19. The Hall–Kier alpha value is -1.77. The molecule has 3 nitrogen and oxygen atoms in total. The van der Waals surface area contributed by atoms with Gasteiger partial charge in [-0.25, -0.2) is 4.99 Å². The number of hydrogen-bond donors (Lipinski definition) is 2. The number of aliphatic imine (C=N–C) groups is 1. The predicted molar refractivity (Wildman–Crippen MR) is 54.5 cm³/mol. The van der Waals surface area contributed by atoms with Crippen LogP contribution in [0.5, 0.6) is 0 Å². The molecule has 1 aromatic carbocycles. The zero-order valence-electron chi connectivity index (χ0n) is 7.20. The molecule has 0 saturated heterocycles. The molecule has 1 heterocycles. The van der Waals surface area contributed by atoms with E-state index in [9.17, 15) is 0 Å². The van der Waals surface area contributed by atoms with E-state index in [1.54, 1.807) is 6.20 Å². The van der Waals surface area contributed by atoms with Gasteiger partial charge in [0, 0.05) is 24.0 Å². The molecule has 0 radical (unpaired) electrons. The molecular weight excluding hydrogens is 162 g/mol. The summed E-state index contributed by atoms with van der Waals surface area (Å²) in [6, 6.07) is 7.68. The van der Waals surface area contributed by atoms with Gasteiger partial charge in [0.05, 0.1) is 0 Å². The Labute approximate surface area is 77.0 Å². The van der Waals surface area contributed by atoms with Gasteiger partial charge in [-0.3, -0.25) is 0 Å². The monoisotopic (exact) mass is 173 g/mol. The normalized spacial score (nSPS) is 14.9. The maximum Gasteiger partial charge on any atom is 0.133 e. The molecular formula is C10H11N3. The second kappa shape index (κ2) is 3.31. The van der Waals surface area contributed by atoms with Crippen molar-refractivity contribution in [3.05, 3.63) is 42.1 Å². The highest BCUT2D eigenvalue weighted by Crippen LogP contribution is 2.07. The van der Waals surface area contributed by atoms with Crippen LogP contribution in [-0.4, -0.2) is 12.4 Å². The van der Waals surface area contributed by atoms with E-state index in [4.69, 9.17) is 5.73 Å². The summed E-state index contributed by atoms with van der Waals surface area (Å²) in [5.41, 5.74) is 7.46. The van der Waals surface area contributed by atoms with Gasteiger partial charge in [0.25, 0.3) is 0 Å². The third kappa shape index (κ3) is 1.69. The molecule has 0 bridgehead atoms. The Kier molecular flexibility index (Phi) is 2.00. The largest absolute Gasteiger partial charge is 0.399 e. The molecule has 0 atom stereocenters. The van der Waals surface area contributed by atoms with Crippen molar-refractivity contribution < 1.29 is 0 Å². The van der Waals surface area contributed by atoms with Crippen molar-refractivity contribution >= 4 is 11.5 Å². The van der Waals surface area contributed by atoms with E-state index >= 15 is 0 Å². The van der Waals surface area contributed by atoms with Crippen LogP contribution in [0.2, 0.25) is 0 Å². The molecule has 0 unspecified atom stereocenters. The van der Waals surface area contributed by atoms with Crippen LogP contribution in [-0.2, 0) is 0 Å². The second-order valence-corrected chi connectivity index (χ2v) is 2.87. The lowest BCUT2D eigenvalue weighted by Gasteiger charge is -2.10. The van der Waals surface area contributed by atoms with E-state index < -0.39 is 0 Å². The zero-order chi connectivity index (χ0) is 9.10. The van der Waals surface area contributed by atoms with Gasteiger partial charge in [0.1, 0.15) is 5.84 Å². The average molecular weight is 173 g/mol. The first kappa shape index (κ1) is 7.86. The van der Waals surface area contributed by atoms with Gasteiger partial charge in [-0.1, -0.05) is 12.1 Å². The van der Waals surface area contributed by atoms with Crippen LogP contribution >= 0.6 is 0 Å². The smallest absolute Gasteiger partial charge is 0.133 e. The minimum atomic E-state index is 0.761. The number of benzene rings is 1. The first-order chi connectivity index (χ1) is 6.36. The molecule has 3 N–H and O–H groups in total. The van der Waals surface area contributed by atoms with Crippen molar-refractivity contribution in [3.8, 4) is 0 Å². The molecule has 0 spiro atoms. The molecule has 1 aromatic rings. The van der Waals surface area contributed by atoms with Crippen LogP contribution in [0.15, 0.2) is 41.5 Å². The first-order valence-corrected chi connectivity index (χ1v) is 4.19. The van der Waals surface area contributed by atoms with Crippen molar-refractivity contribution in [2.75, 3.05) is 12.3 Å². The van der Waals surface area contributed by atoms with Gasteiger partial charge in [-0.2, -0.15) is 0 Å². The number of nitrogen functional groups attached to an aromatic ring is 1. The van der Waals surface area contributed by atoms with E-state index in [1.165, 1.54) is 0 Å². The van der Waals surface area contributed by atoms with Crippen molar-refractivity contribution in [2.45, 2.75) is 0 Å². The van der Waals surface area contributed by atoms with Crippen LogP contribution < -0.4 is 11.1 Å². The van der Waals surface area contributed by atoms with Crippen molar-refractivity contribution in [1.82, 2.24) is 5.32 Å². The Bertz CT molecular complexity index is 366. The van der Waals surface area contributed by atoms with Crippen molar-refractivity contribution in [2.24, 2.45) is 4.99 Å². The number of amidine groups is 1. The maximum absolute atomic E-state index is 5.66. The Morgan fingerprint density at radius 2 is 2.31 bits per heavy atom. The SMILES string of the molecule is Nc1cccc(C2=NC=CCN2)c1. The molecule has 0 aliphatic carbocycles. The minimum absolute atomic E-state index is 0.761. The first-order valence-electron chi connectivity index (χ1n) is 4.19. The molecule has 1 aliphatic rings. The van der Waals surface area contributed by atoms with Gasteiger partial charge in [-0.05, 0) is 18.2 Å². The lowest BCUT2D eigenvalue weighted by Crippen LogP contribution is -2.26. The number of nitrogens with two attached hydrogens (primary N) is 1. The fourth-order valence-electron chi connectivity index (χ4n) is 1.24. The highest BCUT2D eigenvalue weighted by atomic mass is 15.0. The highest BCUT2D eigenvalue weighted by Gasteiger charge is 2.03. The summed E-state index contributed by atoms with van der Waals surface area (Å²) >= 11 is 0. The molecule has 0 amide bonds. The number of hydrogen-bond acceptors (Lipinski definition) is 3. The fraction of sp³-hybridized carbons (Fsp3) is 0.100. The second-order valence-electron chi connectivity index (χ2n) is 2.87. The highest BCUT2D eigenvalue weighted by molar-refractivity contribution is 6.00. The van der Waals surface area contributed by atoms with Crippen molar-refractivity contribution in [1.29, 1.82) is 0 Å². The third-order valence-electron chi connectivity index (χ3n) is 1.86. The Morgan fingerprint density at radius 3 is 3.00 bits per heavy atom. The summed E-state index contributed by atoms with van der Waals surface area (Å²) < 4.78 is 0. The number of anilines is 1. The van der Waals surface area contributed by atoms with Crippen LogP contribution in [0.1, 0.15) is 5.56 Å². The van der Waals surface area contributed by atoms with E-state index in [-0.39, 0.29) is 0 Å². The van der Waals surface area contributed by atoms with E-state index in [0.29, 0.717) is 0 Å². The van der Waals surface area contributed by atoms with Crippen LogP contribution in [0.25, 0.3) is 0 Å².